The molecule has 0 aromatic rings. The molecule has 96 valence electrons. The van der Waals surface area contributed by atoms with E-state index in [0.29, 0.717) is 6.10 Å². The summed E-state index contributed by atoms with van der Waals surface area (Å²) < 4.78 is 5.60. The first-order chi connectivity index (χ1) is 7.51. The van der Waals surface area contributed by atoms with Crippen molar-refractivity contribution >= 4 is 0 Å². The van der Waals surface area contributed by atoms with Crippen molar-refractivity contribution in [1.82, 2.24) is 4.90 Å². The average molecular weight is 229 g/mol. The number of rotatable bonds is 7. The SMILES string of the molecule is CCN(CCCC1CCCO1)CC(C)(C)O. The highest BCUT2D eigenvalue weighted by molar-refractivity contribution is 4.72. The number of aliphatic hydroxyl groups is 1. The zero-order chi connectivity index (χ0) is 12.0. The van der Waals surface area contributed by atoms with E-state index >= 15 is 0 Å². The van der Waals surface area contributed by atoms with Crippen LogP contribution in [-0.4, -0.2) is 48.0 Å². The van der Waals surface area contributed by atoms with Crippen molar-refractivity contribution < 1.29 is 9.84 Å². The van der Waals surface area contributed by atoms with E-state index in [4.69, 9.17) is 4.74 Å². The summed E-state index contributed by atoms with van der Waals surface area (Å²) in [5.41, 5.74) is -0.583. The lowest BCUT2D eigenvalue weighted by Gasteiger charge is -2.28. The van der Waals surface area contributed by atoms with E-state index in [9.17, 15) is 5.11 Å². The van der Waals surface area contributed by atoms with Gasteiger partial charge in [0, 0.05) is 13.2 Å². The molecule has 1 N–H and O–H groups in total. The highest BCUT2D eigenvalue weighted by Crippen LogP contribution is 2.17. The molecule has 0 radical (unpaired) electrons. The Morgan fingerprint density at radius 1 is 1.44 bits per heavy atom. The standard InChI is InChI=1S/C13H27NO2/c1-4-14(11-13(2,3)15)9-5-7-12-8-6-10-16-12/h12,15H,4-11H2,1-3H3. The summed E-state index contributed by atoms with van der Waals surface area (Å²) in [7, 11) is 0. The smallest absolute Gasteiger partial charge is 0.0718 e. The van der Waals surface area contributed by atoms with Gasteiger partial charge in [0.15, 0.2) is 0 Å². The molecule has 1 aliphatic rings. The van der Waals surface area contributed by atoms with Crippen LogP contribution in [0.4, 0.5) is 0 Å². The topological polar surface area (TPSA) is 32.7 Å². The highest BCUT2D eigenvalue weighted by atomic mass is 16.5. The van der Waals surface area contributed by atoms with E-state index in [1.54, 1.807) is 0 Å². The minimum atomic E-state index is -0.583. The first-order valence-electron chi connectivity index (χ1n) is 6.57. The third-order valence-electron chi connectivity index (χ3n) is 3.08. The lowest BCUT2D eigenvalue weighted by molar-refractivity contribution is 0.0352. The molecule has 1 heterocycles. The molecule has 3 nitrogen and oxygen atoms in total. The van der Waals surface area contributed by atoms with Gasteiger partial charge in [-0.3, -0.25) is 0 Å². The summed E-state index contributed by atoms with van der Waals surface area (Å²) >= 11 is 0. The average Bonchev–Trinajstić information content (AvgIpc) is 2.67. The minimum Gasteiger partial charge on any atom is -0.389 e. The molecule has 1 unspecified atom stereocenters. The van der Waals surface area contributed by atoms with E-state index in [2.05, 4.69) is 11.8 Å². The second-order valence-corrected chi connectivity index (χ2v) is 5.46. The van der Waals surface area contributed by atoms with Crippen molar-refractivity contribution in [2.75, 3.05) is 26.2 Å². The van der Waals surface area contributed by atoms with Crippen LogP contribution in [0, 0.1) is 0 Å². The van der Waals surface area contributed by atoms with Crippen molar-refractivity contribution in [3.05, 3.63) is 0 Å². The fourth-order valence-electron chi connectivity index (χ4n) is 2.31. The number of hydrogen-bond acceptors (Lipinski definition) is 3. The maximum atomic E-state index is 9.76. The zero-order valence-electron chi connectivity index (χ0n) is 11.0. The first kappa shape index (κ1) is 13.9. The van der Waals surface area contributed by atoms with Gasteiger partial charge in [0.2, 0.25) is 0 Å². The van der Waals surface area contributed by atoms with Gasteiger partial charge >= 0.3 is 0 Å². The number of hydrogen-bond donors (Lipinski definition) is 1. The molecule has 0 bridgehead atoms. The van der Waals surface area contributed by atoms with Crippen LogP contribution in [-0.2, 0) is 4.74 Å². The molecule has 1 atom stereocenters. The van der Waals surface area contributed by atoms with Gasteiger partial charge in [-0.25, -0.2) is 0 Å². The Labute approximate surface area is 99.8 Å². The second-order valence-electron chi connectivity index (χ2n) is 5.46. The molecule has 0 amide bonds. The predicted molar refractivity (Wildman–Crippen MR) is 66.6 cm³/mol. The highest BCUT2D eigenvalue weighted by Gasteiger charge is 2.18. The van der Waals surface area contributed by atoms with Gasteiger partial charge in [-0.15, -0.1) is 0 Å². The fourth-order valence-corrected chi connectivity index (χ4v) is 2.31. The van der Waals surface area contributed by atoms with Gasteiger partial charge in [-0.1, -0.05) is 6.92 Å². The van der Waals surface area contributed by atoms with E-state index in [1.165, 1.54) is 25.7 Å². The van der Waals surface area contributed by atoms with Crippen LogP contribution in [0.25, 0.3) is 0 Å². The Morgan fingerprint density at radius 2 is 2.19 bits per heavy atom. The van der Waals surface area contributed by atoms with Crippen LogP contribution in [0.5, 0.6) is 0 Å². The van der Waals surface area contributed by atoms with Crippen LogP contribution in [0.1, 0.15) is 46.5 Å². The molecular formula is C13H27NO2. The lowest BCUT2D eigenvalue weighted by atomic mass is 10.1. The van der Waals surface area contributed by atoms with Crippen molar-refractivity contribution in [2.45, 2.75) is 58.2 Å². The Balaban J connectivity index is 2.13. The van der Waals surface area contributed by atoms with E-state index in [0.717, 1.165) is 26.2 Å². The quantitative estimate of drug-likeness (QED) is 0.725. The molecule has 1 fully saturated rings. The Kier molecular flexibility index (Phi) is 5.73. The van der Waals surface area contributed by atoms with Crippen molar-refractivity contribution in [3.63, 3.8) is 0 Å². The Hall–Kier alpha value is -0.120. The molecule has 0 aromatic heterocycles. The van der Waals surface area contributed by atoms with Crippen molar-refractivity contribution in [3.8, 4) is 0 Å². The Bertz CT molecular complexity index is 183. The van der Waals surface area contributed by atoms with Gasteiger partial charge in [0.1, 0.15) is 0 Å². The molecule has 0 spiro atoms. The third-order valence-corrected chi connectivity index (χ3v) is 3.08. The molecule has 1 saturated heterocycles. The molecule has 0 saturated carbocycles. The van der Waals surface area contributed by atoms with Gasteiger partial charge < -0.3 is 14.7 Å². The summed E-state index contributed by atoms with van der Waals surface area (Å²) in [6.45, 7) is 9.68. The number of nitrogens with zero attached hydrogens (tertiary/aromatic N) is 1. The van der Waals surface area contributed by atoms with Gasteiger partial charge in [0.05, 0.1) is 11.7 Å². The lowest BCUT2D eigenvalue weighted by Crippen LogP contribution is -2.39. The van der Waals surface area contributed by atoms with Crippen LogP contribution >= 0.6 is 0 Å². The van der Waals surface area contributed by atoms with Crippen molar-refractivity contribution in [1.29, 1.82) is 0 Å². The molecule has 0 aromatic carbocycles. The molecule has 0 aliphatic carbocycles. The molecule has 16 heavy (non-hydrogen) atoms. The fraction of sp³-hybridized carbons (Fsp3) is 1.00. The number of likely N-dealkylation sites (N-methyl/N-ethyl adjacent to an activating group) is 1. The molecule has 3 heteroatoms. The van der Waals surface area contributed by atoms with E-state index < -0.39 is 5.60 Å². The van der Waals surface area contributed by atoms with E-state index in [-0.39, 0.29) is 0 Å². The maximum Gasteiger partial charge on any atom is 0.0718 e. The Morgan fingerprint density at radius 3 is 2.69 bits per heavy atom. The monoisotopic (exact) mass is 229 g/mol. The van der Waals surface area contributed by atoms with E-state index in [1.807, 2.05) is 13.8 Å². The molecular weight excluding hydrogens is 202 g/mol. The normalized spacial score (nSPS) is 21.9. The van der Waals surface area contributed by atoms with Crippen LogP contribution < -0.4 is 0 Å². The van der Waals surface area contributed by atoms with Gasteiger partial charge in [-0.2, -0.15) is 0 Å². The molecule has 1 rings (SSSR count). The predicted octanol–water partition coefficient (Wildman–Crippen LogP) is 2.04. The van der Waals surface area contributed by atoms with Crippen molar-refractivity contribution in [2.24, 2.45) is 0 Å². The summed E-state index contributed by atoms with van der Waals surface area (Å²) in [5.74, 6) is 0. The van der Waals surface area contributed by atoms with Gasteiger partial charge in [-0.05, 0) is 52.6 Å². The number of ether oxygens (including phenoxy) is 1. The van der Waals surface area contributed by atoms with Gasteiger partial charge in [0.25, 0.3) is 0 Å². The summed E-state index contributed by atoms with van der Waals surface area (Å²) in [5, 5.41) is 9.76. The summed E-state index contributed by atoms with van der Waals surface area (Å²) in [6.07, 6.45) is 5.31. The van der Waals surface area contributed by atoms with Crippen LogP contribution in [0.15, 0.2) is 0 Å². The minimum absolute atomic E-state index is 0.501. The summed E-state index contributed by atoms with van der Waals surface area (Å²) in [4.78, 5) is 2.31. The maximum absolute atomic E-state index is 9.76. The third kappa shape index (κ3) is 5.83. The molecule has 1 aliphatic heterocycles. The van der Waals surface area contributed by atoms with Crippen LogP contribution in [0.3, 0.4) is 0 Å². The zero-order valence-corrected chi connectivity index (χ0v) is 11.0. The van der Waals surface area contributed by atoms with Crippen LogP contribution in [0.2, 0.25) is 0 Å². The second kappa shape index (κ2) is 6.58. The summed E-state index contributed by atoms with van der Waals surface area (Å²) in [6, 6.07) is 0. The first-order valence-corrected chi connectivity index (χ1v) is 6.57. The largest absolute Gasteiger partial charge is 0.389 e.